The van der Waals surface area contributed by atoms with Crippen LogP contribution in [0.2, 0.25) is 0 Å². The van der Waals surface area contributed by atoms with E-state index in [1.54, 1.807) is 12.1 Å². The second kappa shape index (κ2) is 7.77. The molecule has 2 aromatic rings. The normalized spacial score (nSPS) is 12.0. The number of carbonyl (C=O) groups is 1. The molecule has 0 spiro atoms. The molecule has 0 saturated carbocycles. The number of aryl methyl sites for hydroxylation is 2. The molecule has 1 N–H and O–H groups in total. The zero-order valence-electron chi connectivity index (χ0n) is 13.4. The van der Waals surface area contributed by atoms with Gasteiger partial charge in [0.1, 0.15) is 11.6 Å². The first-order chi connectivity index (χ1) is 11.0. The number of hydrogen-bond donors (Lipinski definition) is 1. The number of benzene rings is 2. The summed E-state index contributed by atoms with van der Waals surface area (Å²) in [5.41, 5.74) is 2.45. The van der Waals surface area contributed by atoms with Gasteiger partial charge in [-0.15, -0.1) is 0 Å². The maximum absolute atomic E-state index is 13.8. The number of halogens is 1. The number of ether oxygens (including phenoxy) is 1. The fraction of sp³-hybridized carbons (Fsp3) is 0.316. The van der Waals surface area contributed by atoms with E-state index in [4.69, 9.17) is 4.74 Å². The van der Waals surface area contributed by atoms with Crippen molar-refractivity contribution < 1.29 is 19.0 Å². The molecular formula is C19H21FO3. The average molecular weight is 316 g/mol. The molecule has 4 heteroatoms. The Bertz CT molecular complexity index is 682. The van der Waals surface area contributed by atoms with Gasteiger partial charge in [0, 0.05) is 5.56 Å². The Labute approximate surface area is 135 Å². The molecule has 0 radical (unpaired) electrons. The van der Waals surface area contributed by atoms with Crippen LogP contribution in [0.5, 0.6) is 5.75 Å². The largest absolute Gasteiger partial charge is 0.493 e. The lowest BCUT2D eigenvalue weighted by Crippen LogP contribution is -2.14. The van der Waals surface area contributed by atoms with Crippen LogP contribution >= 0.6 is 0 Å². The number of rotatable bonds is 7. The van der Waals surface area contributed by atoms with Crippen LogP contribution in [0.3, 0.4) is 0 Å². The summed E-state index contributed by atoms with van der Waals surface area (Å²) in [6, 6.07) is 11.9. The van der Waals surface area contributed by atoms with E-state index in [1.165, 1.54) is 17.7 Å². The van der Waals surface area contributed by atoms with E-state index in [1.807, 2.05) is 32.0 Å². The first-order valence-corrected chi connectivity index (χ1v) is 7.66. The maximum Gasteiger partial charge on any atom is 0.311 e. The summed E-state index contributed by atoms with van der Waals surface area (Å²) in [6.07, 6.45) is 0.875. The first-order valence-electron chi connectivity index (χ1n) is 7.66. The Kier molecular flexibility index (Phi) is 5.74. The third-order valence-corrected chi connectivity index (χ3v) is 3.80. The van der Waals surface area contributed by atoms with Crippen molar-refractivity contribution in [1.29, 1.82) is 0 Å². The highest BCUT2D eigenvalue weighted by molar-refractivity contribution is 5.76. The Balaban J connectivity index is 1.93. The van der Waals surface area contributed by atoms with Crippen LogP contribution in [0.15, 0.2) is 42.5 Å². The fourth-order valence-electron chi connectivity index (χ4n) is 2.60. The van der Waals surface area contributed by atoms with Gasteiger partial charge in [-0.25, -0.2) is 4.39 Å². The molecule has 0 bridgehead atoms. The molecule has 122 valence electrons. The average Bonchev–Trinajstić information content (AvgIpc) is 2.50. The topological polar surface area (TPSA) is 46.5 Å². The smallest absolute Gasteiger partial charge is 0.311 e. The van der Waals surface area contributed by atoms with Gasteiger partial charge in [-0.1, -0.05) is 35.9 Å². The predicted octanol–water partition coefficient (Wildman–Crippen LogP) is 4.47. The van der Waals surface area contributed by atoms with Crippen LogP contribution in [0, 0.1) is 19.7 Å². The van der Waals surface area contributed by atoms with Crippen LogP contribution in [-0.2, 0) is 4.79 Å². The molecule has 0 aliphatic heterocycles. The summed E-state index contributed by atoms with van der Waals surface area (Å²) in [4.78, 5) is 11.4. The number of aliphatic carboxylic acids is 1. The summed E-state index contributed by atoms with van der Waals surface area (Å²) >= 11 is 0. The second-order valence-electron chi connectivity index (χ2n) is 5.67. The van der Waals surface area contributed by atoms with E-state index in [9.17, 15) is 14.3 Å². The Hall–Kier alpha value is -2.36. The van der Waals surface area contributed by atoms with Crippen molar-refractivity contribution in [3.05, 3.63) is 65.0 Å². The molecule has 0 saturated heterocycles. The minimum Gasteiger partial charge on any atom is -0.493 e. The van der Waals surface area contributed by atoms with Gasteiger partial charge in [0.15, 0.2) is 0 Å². The molecule has 1 atom stereocenters. The van der Waals surface area contributed by atoms with E-state index in [0.29, 0.717) is 19.4 Å². The number of hydrogen-bond acceptors (Lipinski definition) is 2. The molecule has 23 heavy (non-hydrogen) atoms. The highest BCUT2D eigenvalue weighted by Crippen LogP contribution is 2.25. The van der Waals surface area contributed by atoms with Crippen molar-refractivity contribution >= 4 is 5.97 Å². The first kappa shape index (κ1) is 17.0. The molecule has 0 amide bonds. The standard InChI is InChI=1S/C19H21FO3/c1-13-9-10-18(14(2)12-13)23-11-5-7-16(19(21)22)15-6-3-4-8-17(15)20/h3-4,6,8-10,12,16H,5,7,11H2,1-2H3,(H,21,22). The molecule has 0 fully saturated rings. The van der Waals surface area contributed by atoms with E-state index in [2.05, 4.69) is 0 Å². The van der Waals surface area contributed by atoms with Gasteiger partial charge in [-0.3, -0.25) is 4.79 Å². The molecule has 0 heterocycles. The van der Waals surface area contributed by atoms with Crippen molar-refractivity contribution in [3.63, 3.8) is 0 Å². The maximum atomic E-state index is 13.8. The lowest BCUT2D eigenvalue weighted by molar-refractivity contribution is -0.139. The minimum absolute atomic E-state index is 0.228. The SMILES string of the molecule is Cc1ccc(OCCCC(C(=O)O)c2ccccc2F)c(C)c1. The predicted molar refractivity (Wildman–Crippen MR) is 87.4 cm³/mol. The number of carboxylic acids is 1. The molecule has 2 aromatic carbocycles. The van der Waals surface area contributed by atoms with E-state index < -0.39 is 17.7 Å². The van der Waals surface area contributed by atoms with Crippen molar-refractivity contribution in [3.8, 4) is 5.75 Å². The van der Waals surface area contributed by atoms with E-state index >= 15 is 0 Å². The fourth-order valence-corrected chi connectivity index (χ4v) is 2.60. The number of carboxylic acid groups (broad SMARTS) is 1. The lowest BCUT2D eigenvalue weighted by Gasteiger charge is -2.14. The van der Waals surface area contributed by atoms with Crippen LogP contribution in [-0.4, -0.2) is 17.7 Å². The van der Waals surface area contributed by atoms with Crippen LogP contribution in [0.1, 0.15) is 35.4 Å². The minimum atomic E-state index is -1.01. The zero-order valence-corrected chi connectivity index (χ0v) is 13.4. The molecule has 2 rings (SSSR count). The molecule has 3 nitrogen and oxygen atoms in total. The Morgan fingerprint density at radius 3 is 2.61 bits per heavy atom. The van der Waals surface area contributed by atoms with Gasteiger partial charge < -0.3 is 9.84 Å². The van der Waals surface area contributed by atoms with E-state index in [0.717, 1.165) is 11.3 Å². The van der Waals surface area contributed by atoms with Crippen molar-refractivity contribution in [2.45, 2.75) is 32.6 Å². The van der Waals surface area contributed by atoms with Crippen molar-refractivity contribution in [2.24, 2.45) is 0 Å². The highest BCUT2D eigenvalue weighted by Gasteiger charge is 2.22. The molecule has 0 aromatic heterocycles. The summed E-state index contributed by atoms with van der Waals surface area (Å²) < 4.78 is 19.5. The van der Waals surface area contributed by atoms with Gasteiger partial charge in [-0.2, -0.15) is 0 Å². The van der Waals surface area contributed by atoms with Gasteiger partial charge >= 0.3 is 5.97 Å². The van der Waals surface area contributed by atoms with Gasteiger partial charge in [0.2, 0.25) is 0 Å². The van der Waals surface area contributed by atoms with Crippen LogP contribution in [0.4, 0.5) is 4.39 Å². The van der Waals surface area contributed by atoms with Gasteiger partial charge in [0.25, 0.3) is 0 Å². The summed E-state index contributed by atoms with van der Waals surface area (Å²) in [5, 5.41) is 9.33. The van der Waals surface area contributed by atoms with E-state index in [-0.39, 0.29) is 5.56 Å². The molecule has 0 aliphatic carbocycles. The third-order valence-electron chi connectivity index (χ3n) is 3.80. The summed E-state index contributed by atoms with van der Waals surface area (Å²) in [6.45, 7) is 4.40. The van der Waals surface area contributed by atoms with Gasteiger partial charge in [0.05, 0.1) is 12.5 Å². The Morgan fingerprint density at radius 1 is 1.22 bits per heavy atom. The van der Waals surface area contributed by atoms with Crippen molar-refractivity contribution in [1.82, 2.24) is 0 Å². The van der Waals surface area contributed by atoms with Crippen molar-refractivity contribution in [2.75, 3.05) is 6.61 Å². The highest BCUT2D eigenvalue weighted by atomic mass is 19.1. The zero-order chi connectivity index (χ0) is 16.8. The summed E-state index contributed by atoms with van der Waals surface area (Å²) in [5.74, 6) is -1.54. The third kappa shape index (κ3) is 4.55. The molecular weight excluding hydrogens is 295 g/mol. The van der Waals surface area contributed by atoms with Crippen LogP contribution in [0.25, 0.3) is 0 Å². The summed E-state index contributed by atoms with van der Waals surface area (Å²) in [7, 11) is 0. The monoisotopic (exact) mass is 316 g/mol. The van der Waals surface area contributed by atoms with Gasteiger partial charge in [-0.05, 0) is 44.4 Å². The molecule has 0 aliphatic rings. The van der Waals surface area contributed by atoms with Crippen LogP contribution < -0.4 is 4.74 Å². The quantitative estimate of drug-likeness (QED) is 0.767. The second-order valence-corrected chi connectivity index (χ2v) is 5.67. The Morgan fingerprint density at radius 2 is 1.96 bits per heavy atom. The molecule has 1 unspecified atom stereocenters. The lowest BCUT2D eigenvalue weighted by atomic mass is 9.94.